The van der Waals surface area contributed by atoms with Gasteiger partial charge in [0.2, 0.25) is 0 Å². The monoisotopic (exact) mass is 315 g/mol. The van der Waals surface area contributed by atoms with Crippen molar-refractivity contribution in [2.24, 2.45) is 0 Å². The summed E-state index contributed by atoms with van der Waals surface area (Å²) in [6.45, 7) is 0.693. The molecule has 1 aromatic heterocycles. The molecule has 0 atom stereocenters. The number of nitrogens with zero attached hydrogens (tertiary/aromatic N) is 3. The summed E-state index contributed by atoms with van der Waals surface area (Å²) in [6, 6.07) is 5.51. The van der Waals surface area contributed by atoms with E-state index in [0.717, 1.165) is 12.8 Å². The molecule has 23 heavy (non-hydrogen) atoms. The number of ether oxygens (including phenoxy) is 1. The third kappa shape index (κ3) is 2.85. The van der Waals surface area contributed by atoms with E-state index in [1.807, 2.05) is 18.2 Å². The van der Waals surface area contributed by atoms with Crippen LogP contribution in [0.1, 0.15) is 32.1 Å². The van der Waals surface area contributed by atoms with Crippen molar-refractivity contribution >= 4 is 10.9 Å². The summed E-state index contributed by atoms with van der Waals surface area (Å²) in [6.07, 6.45) is 7.67. The van der Waals surface area contributed by atoms with Crippen molar-refractivity contribution in [3.63, 3.8) is 0 Å². The Labute approximate surface area is 136 Å². The molecule has 2 aromatic rings. The van der Waals surface area contributed by atoms with Crippen molar-refractivity contribution in [3.8, 4) is 5.75 Å². The van der Waals surface area contributed by atoms with Crippen LogP contribution in [0.2, 0.25) is 0 Å². The maximum atomic E-state index is 12.9. The molecule has 5 nitrogen and oxygen atoms in total. The van der Waals surface area contributed by atoms with Crippen LogP contribution in [0.15, 0.2) is 29.3 Å². The predicted molar refractivity (Wildman–Crippen MR) is 92.1 cm³/mol. The first-order valence-electron chi connectivity index (χ1n) is 8.27. The summed E-state index contributed by atoms with van der Waals surface area (Å²) >= 11 is 0. The average Bonchev–Trinajstić information content (AvgIpc) is 2.57. The van der Waals surface area contributed by atoms with Gasteiger partial charge < -0.3 is 9.64 Å². The van der Waals surface area contributed by atoms with Gasteiger partial charge in [-0.1, -0.05) is 25.3 Å². The number of benzene rings is 1. The summed E-state index contributed by atoms with van der Waals surface area (Å²) in [4.78, 5) is 19.7. The van der Waals surface area contributed by atoms with Gasteiger partial charge in [-0.3, -0.25) is 9.36 Å². The number of methoxy groups -OCH3 is 1. The number of rotatable bonds is 4. The van der Waals surface area contributed by atoms with E-state index in [-0.39, 0.29) is 11.1 Å². The van der Waals surface area contributed by atoms with Crippen LogP contribution in [0.25, 0.3) is 10.9 Å². The summed E-state index contributed by atoms with van der Waals surface area (Å²) in [7, 11) is 5.84. The molecular weight excluding hydrogens is 290 g/mol. The molecule has 1 saturated carbocycles. The molecule has 1 fully saturated rings. The number of hydrogen-bond donors (Lipinski definition) is 0. The topological polar surface area (TPSA) is 47.4 Å². The first-order chi connectivity index (χ1) is 11.1. The molecule has 0 bridgehead atoms. The fraction of sp³-hybridized carbons (Fsp3) is 0.556. The van der Waals surface area contributed by atoms with E-state index in [4.69, 9.17) is 4.74 Å². The van der Waals surface area contributed by atoms with Gasteiger partial charge in [0, 0.05) is 12.1 Å². The predicted octanol–water partition coefficient (Wildman–Crippen LogP) is 2.67. The molecule has 0 radical (unpaired) electrons. The van der Waals surface area contributed by atoms with Crippen LogP contribution in [-0.4, -0.2) is 41.2 Å². The molecule has 124 valence electrons. The van der Waals surface area contributed by atoms with Crippen LogP contribution in [0.3, 0.4) is 0 Å². The van der Waals surface area contributed by atoms with Crippen molar-refractivity contribution in [1.82, 2.24) is 14.5 Å². The molecular formula is C18H25N3O2. The van der Waals surface area contributed by atoms with Crippen LogP contribution in [0.5, 0.6) is 5.75 Å². The van der Waals surface area contributed by atoms with Crippen molar-refractivity contribution in [3.05, 3.63) is 34.9 Å². The third-order valence-corrected chi connectivity index (χ3v) is 5.23. The molecule has 3 rings (SSSR count). The van der Waals surface area contributed by atoms with Gasteiger partial charge >= 0.3 is 0 Å². The molecule has 1 aliphatic carbocycles. The van der Waals surface area contributed by atoms with Crippen molar-refractivity contribution < 1.29 is 4.74 Å². The van der Waals surface area contributed by atoms with E-state index in [1.54, 1.807) is 18.0 Å². The quantitative estimate of drug-likeness (QED) is 0.870. The van der Waals surface area contributed by atoms with Gasteiger partial charge in [-0.25, -0.2) is 4.98 Å². The van der Waals surface area contributed by atoms with Crippen LogP contribution >= 0.6 is 0 Å². The van der Waals surface area contributed by atoms with Crippen molar-refractivity contribution in [2.45, 2.75) is 44.2 Å². The smallest absolute Gasteiger partial charge is 0.261 e. The second kappa shape index (κ2) is 6.32. The lowest BCUT2D eigenvalue weighted by molar-refractivity contribution is 0.0795. The highest BCUT2D eigenvalue weighted by molar-refractivity contribution is 5.83. The zero-order chi connectivity index (χ0) is 16.4. The van der Waals surface area contributed by atoms with E-state index in [2.05, 4.69) is 24.0 Å². The Morgan fingerprint density at radius 3 is 2.65 bits per heavy atom. The Kier molecular flexibility index (Phi) is 4.39. The van der Waals surface area contributed by atoms with Gasteiger partial charge in [0.1, 0.15) is 11.3 Å². The summed E-state index contributed by atoms with van der Waals surface area (Å²) in [5.74, 6) is 0.645. The number of likely N-dealkylation sites (N-methyl/N-ethyl adjacent to an activating group) is 1. The number of fused-ring (bicyclic) bond motifs is 1. The largest absolute Gasteiger partial charge is 0.494 e. The van der Waals surface area contributed by atoms with E-state index < -0.39 is 0 Å². The minimum atomic E-state index is 0.0145. The molecule has 0 aliphatic heterocycles. The van der Waals surface area contributed by atoms with E-state index in [9.17, 15) is 4.79 Å². The fourth-order valence-electron chi connectivity index (χ4n) is 3.71. The van der Waals surface area contributed by atoms with Crippen molar-refractivity contribution in [2.75, 3.05) is 21.2 Å². The highest BCUT2D eigenvalue weighted by Crippen LogP contribution is 2.33. The highest BCUT2D eigenvalue weighted by atomic mass is 16.5. The zero-order valence-electron chi connectivity index (χ0n) is 14.2. The van der Waals surface area contributed by atoms with Crippen LogP contribution in [0.4, 0.5) is 0 Å². The van der Waals surface area contributed by atoms with Crippen LogP contribution in [-0.2, 0) is 6.54 Å². The minimum Gasteiger partial charge on any atom is -0.494 e. The molecule has 0 saturated heterocycles. The van der Waals surface area contributed by atoms with Gasteiger partial charge in [-0.15, -0.1) is 0 Å². The number of aromatic nitrogens is 2. The molecule has 0 amide bonds. The Morgan fingerprint density at radius 2 is 2.00 bits per heavy atom. The number of para-hydroxylation sites is 1. The lowest BCUT2D eigenvalue weighted by Crippen LogP contribution is -2.50. The van der Waals surface area contributed by atoms with E-state index >= 15 is 0 Å². The average molecular weight is 315 g/mol. The standard InChI is InChI=1S/C18H25N3O2/c1-20(2)18(10-5-4-6-11-18)12-21-13-19-16-14(17(21)22)8-7-9-15(16)23-3/h7-9,13H,4-6,10-12H2,1-3H3. The Hall–Kier alpha value is -1.88. The van der Waals surface area contributed by atoms with Gasteiger partial charge in [0.05, 0.1) is 18.8 Å². The Balaban J connectivity index is 2.03. The van der Waals surface area contributed by atoms with Gasteiger partial charge in [0.15, 0.2) is 0 Å². The molecule has 1 aromatic carbocycles. The zero-order valence-corrected chi connectivity index (χ0v) is 14.2. The molecule has 0 unspecified atom stereocenters. The first-order valence-corrected chi connectivity index (χ1v) is 8.27. The summed E-state index contributed by atoms with van der Waals surface area (Å²) < 4.78 is 7.08. The Morgan fingerprint density at radius 1 is 1.26 bits per heavy atom. The summed E-state index contributed by atoms with van der Waals surface area (Å²) in [5.41, 5.74) is 0.704. The first kappa shape index (κ1) is 16.0. The fourth-order valence-corrected chi connectivity index (χ4v) is 3.71. The second-order valence-electron chi connectivity index (χ2n) is 6.71. The third-order valence-electron chi connectivity index (χ3n) is 5.23. The normalized spacial score (nSPS) is 17.6. The lowest BCUT2D eigenvalue weighted by atomic mass is 9.80. The van der Waals surface area contributed by atoms with E-state index in [1.165, 1.54) is 19.3 Å². The minimum absolute atomic E-state index is 0.0145. The SMILES string of the molecule is COc1cccc2c(=O)n(CC3(N(C)C)CCCCC3)cnc12. The van der Waals surface area contributed by atoms with Gasteiger partial charge in [0.25, 0.3) is 5.56 Å². The molecule has 1 heterocycles. The lowest BCUT2D eigenvalue weighted by Gasteiger charge is -2.43. The summed E-state index contributed by atoms with van der Waals surface area (Å²) in [5, 5.41) is 0.622. The van der Waals surface area contributed by atoms with Crippen molar-refractivity contribution in [1.29, 1.82) is 0 Å². The van der Waals surface area contributed by atoms with Gasteiger partial charge in [-0.2, -0.15) is 0 Å². The molecule has 0 spiro atoms. The maximum absolute atomic E-state index is 12.9. The van der Waals surface area contributed by atoms with Crippen LogP contribution in [0, 0.1) is 0 Å². The maximum Gasteiger partial charge on any atom is 0.261 e. The van der Waals surface area contributed by atoms with Crippen LogP contribution < -0.4 is 10.3 Å². The second-order valence-corrected chi connectivity index (χ2v) is 6.71. The highest BCUT2D eigenvalue weighted by Gasteiger charge is 2.35. The van der Waals surface area contributed by atoms with E-state index in [0.29, 0.717) is 23.2 Å². The van der Waals surface area contributed by atoms with Gasteiger partial charge in [-0.05, 0) is 39.1 Å². The Bertz CT molecular complexity index is 746. The molecule has 1 aliphatic rings. The molecule has 0 N–H and O–H groups in total. The number of hydrogen-bond acceptors (Lipinski definition) is 4. The molecule has 5 heteroatoms.